The maximum absolute atomic E-state index is 6.08. The lowest BCUT2D eigenvalue weighted by Crippen LogP contribution is -2.46. The summed E-state index contributed by atoms with van der Waals surface area (Å²) in [6, 6.07) is 6.33. The van der Waals surface area contributed by atoms with E-state index in [2.05, 4.69) is 28.2 Å². The maximum Gasteiger partial charge on any atom is 0.138 e. The smallest absolute Gasteiger partial charge is 0.138 e. The first-order valence-electron chi connectivity index (χ1n) is 5.54. The summed E-state index contributed by atoms with van der Waals surface area (Å²) in [5, 5.41) is 4.07. The average Bonchev–Trinajstić information content (AvgIpc) is 2.18. The van der Waals surface area contributed by atoms with Crippen LogP contribution in [-0.2, 0) is 0 Å². The van der Waals surface area contributed by atoms with Crippen LogP contribution in [0.3, 0.4) is 0 Å². The molecule has 1 aromatic rings. The summed E-state index contributed by atoms with van der Waals surface area (Å²) in [6.07, 6.45) is 2.45. The molecule has 0 radical (unpaired) electrons. The normalized spacial score (nSPS) is 23.9. The van der Waals surface area contributed by atoms with Gasteiger partial charge in [-0.05, 0) is 37.6 Å². The molecule has 0 spiro atoms. The molecule has 0 amide bonds. The summed E-state index contributed by atoms with van der Waals surface area (Å²) in [4.78, 5) is 0. The van der Waals surface area contributed by atoms with E-state index in [9.17, 15) is 0 Å². The molecular weight excluding hydrogens is 289 g/mol. The Balaban J connectivity index is 1.87. The van der Waals surface area contributed by atoms with Crippen molar-refractivity contribution in [3.8, 4) is 5.75 Å². The first-order valence-corrected chi connectivity index (χ1v) is 6.71. The number of rotatable bonds is 4. The minimum atomic E-state index is 0.308. The monoisotopic (exact) mass is 303 g/mol. The molecule has 0 aromatic heterocycles. The molecule has 1 aliphatic rings. The Labute approximate surface area is 109 Å². The highest BCUT2D eigenvalue weighted by molar-refractivity contribution is 9.10. The molecule has 0 bridgehead atoms. The van der Waals surface area contributed by atoms with Crippen LogP contribution in [0.15, 0.2) is 22.7 Å². The largest absolute Gasteiger partial charge is 0.489 e. The molecule has 0 saturated heterocycles. The van der Waals surface area contributed by atoms with Gasteiger partial charge in [0.25, 0.3) is 0 Å². The van der Waals surface area contributed by atoms with Crippen LogP contribution in [0.25, 0.3) is 0 Å². The van der Waals surface area contributed by atoms with Crippen LogP contribution in [0.2, 0.25) is 5.02 Å². The molecule has 0 aliphatic heterocycles. The van der Waals surface area contributed by atoms with Gasteiger partial charge in [-0.1, -0.05) is 34.5 Å². The Morgan fingerprint density at radius 2 is 2.25 bits per heavy atom. The minimum Gasteiger partial charge on any atom is -0.489 e. The Kier molecular flexibility index (Phi) is 4.11. The number of benzene rings is 1. The number of ether oxygens (including phenoxy) is 1. The van der Waals surface area contributed by atoms with Crippen molar-refractivity contribution in [3.05, 3.63) is 27.7 Å². The summed E-state index contributed by atoms with van der Waals surface area (Å²) in [5.74, 6) is 0.782. The third kappa shape index (κ3) is 2.90. The van der Waals surface area contributed by atoms with Crippen molar-refractivity contribution in [2.24, 2.45) is 0 Å². The van der Waals surface area contributed by atoms with Crippen molar-refractivity contribution in [1.82, 2.24) is 5.32 Å². The summed E-state index contributed by atoms with van der Waals surface area (Å²) >= 11 is 9.46. The highest BCUT2D eigenvalue weighted by Gasteiger charge is 2.30. The third-order valence-corrected chi connectivity index (χ3v) is 3.56. The van der Waals surface area contributed by atoms with Gasteiger partial charge in [0.2, 0.25) is 0 Å². The summed E-state index contributed by atoms with van der Waals surface area (Å²) < 4.78 is 6.80. The van der Waals surface area contributed by atoms with E-state index < -0.39 is 0 Å². The van der Waals surface area contributed by atoms with Crippen LogP contribution in [0.1, 0.15) is 19.8 Å². The molecule has 1 fully saturated rings. The fourth-order valence-corrected chi connectivity index (χ4v) is 2.59. The molecule has 1 aliphatic carbocycles. The van der Waals surface area contributed by atoms with Crippen molar-refractivity contribution in [1.29, 1.82) is 0 Å². The highest BCUT2D eigenvalue weighted by Crippen LogP contribution is 2.32. The zero-order valence-electron chi connectivity index (χ0n) is 9.17. The fraction of sp³-hybridized carbons (Fsp3) is 0.500. The lowest BCUT2D eigenvalue weighted by Gasteiger charge is -2.36. The van der Waals surface area contributed by atoms with Gasteiger partial charge in [-0.2, -0.15) is 0 Å². The van der Waals surface area contributed by atoms with Crippen LogP contribution >= 0.6 is 27.5 Å². The van der Waals surface area contributed by atoms with E-state index in [1.54, 1.807) is 0 Å². The number of hydrogen-bond donors (Lipinski definition) is 1. The van der Waals surface area contributed by atoms with Crippen molar-refractivity contribution < 1.29 is 4.74 Å². The fourth-order valence-electron chi connectivity index (χ4n) is 1.87. The molecule has 1 N–H and O–H groups in total. The van der Waals surface area contributed by atoms with Crippen LogP contribution < -0.4 is 10.1 Å². The Hall–Kier alpha value is -0.250. The van der Waals surface area contributed by atoms with Crippen LogP contribution in [0.4, 0.5) is 0 Å². The summed E-state index contributed by atoms with van der Waals surface area (Å²) in [7, 11) is 0. The van der Waals surface area contributed by atoms with Gasteiger partial charge < -0.3 is 10.1 Å². The molecule has 0 unspecified atom stereocenters. The van der Waals surface area contributed by atoms with Crippen molar-refractivity contribution >= 4 is 27.5 Å². The number of hydrogen-bond acceptors (Lipinski definition) is 2. The van der Waals surface area contributed by atoms with Gasteiger partial charge >= 0.3 is 0 Å². The van der Waals surface area contributed by atoms with Crippen LogP contribution in [0.5, 0.6) is 5.75 Å². The molecule has 88 valence electrons. The minimum absolute atomic E-state index is 0.308. The maximum atomic E-state index is 6.08. The quantitative estimate of drug-likeness (QED) is 0.917. The van der Waals surface area contributed by atoms with E-state index in [0.717, 1.165) is 29.6 Å². The Morgan fingerprint density at radius 1 is 1.50 bits per heavy atom. The predicted molar refractivity (Wildman–Crippen MR) is 70.3 cm³/mol. The second-order valence-electron chi connectivity index (χ2n) is 4.04. The van der Waals surface area contributed by atoms with E-state index in [0.29, 0.717) is 17.2 Å². The summed E-state index contributed by atoms with van der Waals surface area (Å²) in [5.41, 5.74) is 0. The topological polar surface area (TPSA) is 21.3 Å². The molecule has 1 aromatic carbocycles. The van der Waals surface area contributed by atoms with Gasteiger partial charge in [0.1, 0.15) is 11.9 Å². The second-order valence-corrected chi connectivity index (χ2v) is 5.36. The zero-order valence-corrected chi connectivity index (χ0v) is 11.5. The van der Waals surface area contributed by atoms with Gasteiger partial charge in [0.05, 0.1) is 5.02 Å². The first kappa shape index (κ1) is 12.2. The molecular formula is C12H15BrClNO. The summed E-state index contributed by atoms with van der Waals surface area (Å²) in [6.45, 7) is 3.15. The molecule has 0 heterocycles. The van der Waals surface area contributed by atoms with E-state index in [-0.39, 0.29) is 0 Å². The molecule has 2 nitrogen and oxygen atoms in total. The van der Waals surface area contributed by atoms with Crippen molar-refractivity contribution in [2.45, 2.75) is 31.9 Å². The van der Waals surface area contributed by atoms with Gasteiger partial charge in [-0.3, -0.25) is 0 Å². The van der Waals surface area contributed by atoms with E-state index in [4.69, 9.17) is 16.3 Å². The Bertz CT molecular complexity index is 366. The zero-order chi connectivity index (χ0) is 11.5. The molecule has 2 rings (SSSR count). The highest BCUT2D eigenvalue weighted by atomic mass is 79.9. The molecule has 16 heavy (non-hydrogen) atoms. The SMILES string of the molecule is CCNC1CC(Oc2ccc(Br)cc2Cl)C1. The van der Waals surface area contributed by atoms with Crippen LogP contribution in [0, 0.1) is 0 Å². The van der Waals surface area contributed by atoms with Gasteiger partial charge in [0, 0.05) is 10.5 Å². The van der Waals surface area contributed by atoms with Crippen LogP contribution in [-0.4, -0.2) is 18.7 Å². The van der Waals surface area contributed by atoms with E-state index >= 15 is 0 Å². The first-order chi connectivity index (χ1) is 7.69. The van der Waals surface area contributed by atoms with E-state index in [1.807, 2.05) is 18.2 Å². The van der Waals surface area contributed by atoms with Crippen molar-refractivity contribution in [3.63, 3.8) is 0 Å². The average molecular weight is 305 g/mol. The van der Waals surface area contributed by atoms with E-state index in [1.165, 1.54) is 0 Å². The molecule has 0 atom stereocenters. The van der Waals surface area contributed by atoms with Gasteiger partial charge in [-0.15, -0.1) is 0 Å². The lowest BCUT2D eigenvalue weighted by atomic mass is 9.89. The van der Waals surface area contributed by atoms with Gasteiger partial charge in [-0.25, -0.2) is 0 Å². The number of halogens is 2. The molecule has 4 heteroatoms. The standard InChI is InChI=1S/C12H15BrClNO/c1-2-15-9-6-10(7-9)16-12-4-3-8(13)5-11(12)14/h3-5,9-10,15H,2,6-7H2,1H3. The Morgan fingerprint density at radius 3 is 2.88 bits per heavy atom. The third-order valence-electron chi connectivity index (χ3n) is 2.78. The van der Waals surface area contributed by atoms with Gasteiger partial charge in [0.15, 0.2) is 0 Å². The molecule has 1 saturated carbocycles. The van der Waals surface area contributed by atoms with Crippen molar-refractivity contribution in [2.75, 3.05) is 6.54 Å². The lowest BCUT2D eigenvalue weighted by molar-refractivity contribution is 0.0860. The predicted octanol–water partition coefficient (Wildman–Crippen LogP) is 3.62. The number of nitrogens with one attached hydrogen (secondary N) is 1. The second kappa shape index (κ2) is 5.39.